The van der Waals surface area contributed by atoms with Crippen LogP contribution in [0.4, 0.5) is 4.39 Å². The fourth-order valence-corrected chi connectivity index (χ4v) is 1.33. The van der Waals surface area contributed by atoms with Gasteiger partial charge in [-0.2, -0.15) is 0 Å². The Balaban J connectivity index is 2.41. The minimum absolute atomic E-state index is 0.227. The molecule has 60 valence electrons. The van der Waals surface area contributed by atoms with Gasteiger partial charge in [0.1, 0.15) is 0 Å². The summed E-state index contributed by atoms with van der Waals surface area (Å²) < 4.78 is 17.5. The Hall–Kier alpha value is -0.150. The lowest BCUT2D eigenvalue weighted by Gasteiger charge is -2.21. The van der Waals surface area contributed by atoms with E-state index in [1.54, 1.807) is 0 Å². The molecule has 1 rings (SSSR count). The van der Waals surface area contributed by atoms with E-state index in [-0.39, 0.29) is 12.1 Å². The number of nitrogens with two attached hydrogens (primary N) is 1. The second kappa shape index (κ2) is 3.30. The lowest BCUT2D eigenvalue weighted by Crippen LogP contribution is -2.26. The highest BCUT2D eigenvalue weighted by atomic mass is 19.1. The van der Waals surface area contributed by atoms with E-state index in [9.17, 15) is 4.39 Å². The average molecular weight is 147 g/mol. The monoisotopic (exact) mass is 147 g/mol. The molecule has 2 N–H and O–H groups in total. The highest BCUT2D eigenvalue weighted by molar-refractivity contribution is 4.82. The van der Waals surface area contributed by atoms with E-state index in [1.165, 1.54) is 0 Å². The van der Waals surface area contributed by atoms with Gasteiger partial charge >= 0.3 is 0 Å². The van der Waals surface area contributed by atoms with Crippen molar-refractivity contribution in [3.8, 4) is 0 Å². The third-order valence-corrected chi connectivity index (χ3v) is 2.14. The normalized spacial score (nSPS) is 33.0. The summed E-state index contributed by atoms with van der Waals surface area (Å²) in [6.45, 7) is 1.53. The van der Waals surface area contributed by atoms with Gasteiger partial charge in [-0.05, 0) is 19.4 Å². The SMILES string of the molecule is NCCC1(CF)CCOC1. The van der Waals surface area contributed by atoms with Crippen molar-refractivity contribution in [2.75, 3.05) is 26.4 Å². The third kappa shape index (κ3) is 1.47. The quantitative estimate of drug-likeness (QED) is 0.638. The summed E-state index contributed by atoms with van der Waals surface area (Å²) in [7, 11) is 0. The van der Waals surface area contributed by atoms with Gasteiger partial charge in [-0.25, -0.2) is 0 Å². The standard InChI is InChI=1S/C7H14FNO/c8-5-7(1-3-9)2-4-10-6-7/h1-6,9H2. The first-order chi connectivity index (χ1) is 4.83. The summed E-state index contributed by atoms with van der Waals surface area (Å²) in [5.74, 6) is 0. The minimum atomic E-state index is -0.288. The summed E-state index contributed by atoms with van der Waals surface area (Å²) in [4.78, 5) is 0. The molecular formula is C7H14FNO. The zero-order chi connectivity index (χ0) is 7.45. The summed E-state index contributed by atoms with van der Waals surface area (Å²) in [6, 6.07) is 0. The van der Waals surface area contributed by atoms with Crippen molar-refractivity contribution in [2.24, 2.45) is 11.1 Å². The van der Waals surface area contributed by atoms with Crippen LogP contribution in [0.3, 0.4) is 0 Å². The molecule has 0 aromatic heterocycles. The minimum Gasteiger partial charge on any atom is -0.381 e. The van der Waals surface area contributed by atoms with Crippen LogP contribution in [-0.2, 0) is 4.74 Å². The molecule has 1 aliphatic heterocycles. The van der Waals surface area contributed by atoms with Crippen molar-refractivity contribution in [3.05, 3.63) is 0 Å². The number of ether oxygens (including phenoxy) is 1. The van der Waals surface area contributed by atoms with Gasteiger partial charge in [0.05, 0.1) is 13.3 Å². The molecule has 0 radical (unpaired) electrons. The molecule has 2 nitrogen and oxygen atoms in total. The van der Waals surface area contributed by atoms with Crippen molar-refractivity contribution in [1.29, 1.82) is 0 Å². The maximum Gasteiger partial charge on any atom is 0.0974 e. The van der Waals surface area contributed by atoms with Gasteiger partial charge in [-0.1, -0.05) is 0 Å². The molecule has 0 amide bonds. The number of halogens is 1. The molecular weight excluding hydrogens is 133 g/mol. The van der Waals surface area contributed by atoms with Gasteiger partial charge in [-0.15, -0.1) is 0 Å². The smallest absolute Gasteiger partial charge is 0.0974 e. The summed E-state index contributed by atoms with van der Waals surface area (Å²) >= 11 is 0. The molecule has 1 atom stereocenters. The second-order valence-corrected chi connectivity index (χ2v) is 2.97. The molecule has 10 heavy (non-hydrogen) atoms. The van der Waals surface area contributed by atoms with Crippen LogP contribution in [-0.4, -0.2) is 26.4 Å². The van der Waals surface area contributed by atoms with Gasteiger partial charge in [0.2, 0.25) is 0 Å². The van der Waals surface area contributed by atoms with Gasteiger partial charge in [0.25, 0.3) is 0 Å². The zero-order valence-corrected chi connectivity index (χ0v) is 6.11. The topological polar surface area (TPSA) is 35.2 Å². The van der Waals surface area contributed by atoms with Crippen molar-refractivity contribution in [2.45, 2.75) is 12.8 Å². The maximum atomic E-state index is 12.4. The molecule has 0 spiro atoms. The van der Waals surface area contributed by atoms with E-state index in [2.05, 4.69) is 0 Å². The largest absolute Gasteiger partial charge is 0.381 e. The van der Waals surface area contributed by atoms with Crippen molar-refractivity contribution >= 4 is 0 Å². The molecule has 0 aromatic rings. The first-order valence-electron chi connectivity index (χ1n) is 3.67. The predicted molar refractivity (Wildman–Crippen MR) is 37.5 cm³/mol. The van der Waals surface area contributed by atoms with Crippen LogP contribution in [0.15, 0.2) is 0 Å². The van der Waals surface area contributed by atoms with Gasteiger partial charge < -0.3 is 10.5 Å². The number of rotatable bonds is 3. The molecule has 1 saturated heterocycles. The van der Waals surface area contributed by atoms with Crippen LogP contribution in [0.25, 0.3) is 0 Å². The maximum absolute atomic E-state index is 12.4. The van der Waals surface area contributed by atoms with Gasteiger partial charge in [0.15, 0.2) is 0 Å². The number of alkyl halides is 1. The van der Waals surface area contributed by atoms with E-state index in [0.29, 0.717) is 19.8 Å². The molecule has 1 heterocycles. The second-order valence-electron chi connectivity index (χ2n) is 2.97. The first kappa shape index (κ1) is 7.95. The van der Waals surface area contributed by atoms with Crippen LogP contribution in [0.5, 0.6) is 0 Å². The Morgan fingerprint density at radius 3 is 2.80 bits per heavy atom. The Kier molecular flexibility index (Phi) is 2.63. The third-order valence-electron chi connectivity index (χ3n) is 2.14. The Morgan fingerprint density at radius 1 is 1.60 bits per heavy atom. The number of hydrogen-bond acceptors (Lipinski definition) is 2. The van der Waals surface area contributed by atoms with Crippen LogP contribution < -0.4 is 5.73 Å². The lowest BCUT2D eigenvalue weighted by atomic mass is 9.85. The molecule has 1 unspecified atom stereocenters. The van der Waals surface area contributed by atoms with E-state index in [0.717, 1.165) is 12.8 Å². The van der Waals surface area contributed by atoms with Crippen molar-refractivity contribution in [1.82, 2.24) is 0 Å². The summed E-state index contributed by atoms with van der Waals surface area (Å²) in [5.41, 5.74) is 5.12. The Labute approximate surface area is 60.5 Å². The highest BCUT2D eigenvalue weighted by Gasteiger charge is 2.33. The molecule has 3 heteroatoms. The summed E-state index contributed by atoms with van der Waals surface area (Å²) in [5, 5.41) is 0. The van der Waals surface area contributed by atoms with Gasteiger partial charge in [-0.3, -0.25) is 4.39 Å². The van der Waals surface area contributed by atoms with Crippen LogP contribution in [0.2, 0.25) is 0 Å². The van der Waals surface area contributed by atoms with Crippen molar-refractivity contribution in [3.63, 3.8) is 0 Å². The van der Waals surface area contributed by atoms with E-state index >= 15 is 0 Å². The fourth-order valence-electron chi connectivity index (χ4n) is 1.33. The van der Waals surface area contributed by atoms with Crippen molar-refractivity contribution < 1.29 is 9.13 Å². The van der Waals surface area contributed by atoms with Crippen LogP contribution >= 0.6 is 0 Å². The number of hydrogen-bond donors (Lipinski definition) is 1. The van der Waals surface area contributed by atoms with E-state index < -0.39 is 0 Å². The molecule has 0 aromatic carbocycles. The summed E-state index contributed by atoms with van der Waals surface area (Å²) in [6.07, 6.45) is 1.59. The lowest BCUT2D eigenvalue weighted by molar-refractivity contribution is 0.126. The highest BCUT2D eigenvalue weighted by Crippen LogP contribution is 2.31. The zero-order valence-electron chi connectivity index (χ0n) is 6.11. The van der Waals surface area contributed by atoms with Crippen LogP contribution in [0.1, 0.15) is 12.8 Å². The fraction of sp³-hybridized carbons (Fsp3) is 1.00. The molecule has 1 fully saturated rings. The molecule has 1 aliphatic rings. The molecule has 0 saturated carbocycles. The predicted octanol–water partition coefficient (Wildman–Crippen LogP) is 0.711. The molecule has 0 bridgehead atoms. The Morgan fingerprint density at radius 2 is 2.40 bits per heavy atom. The van der Waals surface area contributed by atoms with Gasteiger partial charge in [0, 0.05) is 12.0 Å². The first-order valence-corrected chi connectivity index (χ1v) is 3.67. The van der Waals surface area contributed by atoms with E-state index in [1.807, 2.05) is 0 Å². The van der Waals surface area contributed by atoms with Crippen LogP contribution in [0, 0.1) is 5.41 Å². The average Bonchev–Trinajstić information content (AvgIpc) is 2.39. The Bertz CT molecular complexity index is 102. The van der Waals surface area contributed by atoms with E-state index in [4.69, 9.17) is 10.5 Å². The molecule has 0 aliphatic carbocycles.